The summed E-state index contributed by atoms with van der Waals surface area (Å²) in [6.45, 7) is 3.57. The predicted octanol–water partition coefficient (Wildman–Crippen LogP) is 2.58. The van der Waals surface area contributed by atoms with E-state index >= 15 is 0 Å². The van der Waals surface area contributed by atoms with E-state index in [-0.39, 0.29) is 12.1 Å². The molecular formula is C19H24N2O. The van der Waals surface area contributed by atoms with E-state index < -0.39 is 0 Å². The lowest BCUT2D eigenvalue weighted by Gasteiger charge is -2.25. The first-order chi connectivity index (χ1) is 10.8. The number of aliphatic hydroxyl groups excluding tert-OH is 1. The molecule has 3 rings (SSSR count). The molecule has 0 saturated carbocycles. The molecule has 2 atom stereocenters. The van der Waals surface area contributed by atoms with Crippen molar-refractivity contribution in [2.24, 2.45) is 0 Å². The maximum atomic E-state index is 9.73. The van der Waals surface area contributed by atoms with Gasteiger partial charge in [0.05, 0.1) is 6.10 Å². The van der Waals surface area contributed by atoms with Crippen LogP contribution in [0.25, 0.3) is 0 Å². The summed E-state index contributed by atoms with van der Waals surface area (Å²) < 4.78 is 0. The highest BCUT2D eigenvalue weighted by molar-refractivity contribution is 5.20. The molecule has 3 nitrogen and oxygen atoms in total. The Labute approximate surface area is 132 Å². The van der Waals surface area contributed by atoms with Gasteiger partial charge in [0.1, 0.15) is 0 Å². The van der Waals surface area contributed by atoms with Gasteiger partial charge in [-0.05, 0) is 17.5 Å². The van der Waals surface area contributed by atoms with E-state index in [1.165, 1.54) is 11.1 Å². The van der Waals surface area contributed by atoms with Crippen molar-refractivity contribution >= 4 is 0 Å². The molecule has 1 aliphatic rings. The van der Waals surface area contributed by atoms with Gasteiger partial charge in [0, 0.05) is 32.2 Å². The molecule has 2 aromatic carbocycles. The van der Waals surface area contributed by atoms with Crippen molar-refractivity contribution in [3.8, 4) is 0 Å². The molecule has 22 heavy (non-hydrogen) atoms. The monoisotopic (exact) mass is 296 g/mol. The molecule has 0 bridgehead atoms. The highest BCUT2D eigenvalue weighted by Crippen LogP contribution is 2.18. The summed E-state index contributed by atoms with van der Waals surface area (Å²) in [5.74, 6) is 0. The normalized spacial score (nSPS) is 20.1. The number of β-amino-alcohol motifs (C(OH)–C–C–N with tert-alkyl or cyclic N) is 1. The Morgan fingerprint density at radius 2 is 1.73 bits per heavy atom. The molecular weight excluding hydrogens is 272 g/mol. The Bertz CT molecular complexity index is 558. The summed E-state index contributed by atoms with van der Waals surface area (Å²) in [7, 11) is 0. The number of nitrogens with one attached hydrogen (secondary N) is 1. The number of likely N-dealkylation sites (tertiary alicyclic amines) is 1. The first-order valence-corrected chi connectivity index (χ1v) is 8.04. The van der Waals surface area contributed by atoms with E-state index in [2.05, 4.69) is 64.8 Å². The van der Waals surface area contributed by atoms with Gasteiger partial charge < -0.3 is 10.4 Å². The van der Waals surface area contributed by atoms with Crippen molar-refractivity contribution in [2.45, 2.75) is 25.1 Å². The average Bonchev–Trinajstić information content (AvgIpc) is 2.98. The third-order valence-corrected chi connectivity index (χ3v) is 4.29. The van der Waals surface area contributed by atoms with E-state index in [0.717, 1.165) is 32.6 Å². The summed E-state index contributed by atoms with van der Waals surface area (Å²) >= 11 is 0. The van der Waals surface area contributed by atoms with Crippen LogP contribution >= 0.6 is 0 Å². The molecule has 1 unspecified atom stereocenters. The third kappa shape index (κ3) is 4.17. The van der Waals surface area contributed by atoms with Crippen molar-refractivity contribution in [3.05, 3.63) is 71.8 Å². The van der Waals surface area contributed by atoms with Crippen molar-refractivity contribution in [3.63, 3.8) is 0 Å². The van der Waals surface area contributed by atoms with E-state index in [4.69, 9.17) is 0 Å². The summed E-state index contributed by atoms with van der Waals surface area (Å²) in [6, 6.07) is 21.4. The van der Waals surface area contributed by atoms with E-state index in [1.54, 1.807) is 0 Å². The second-order valence-electron chi connectivity index (χ2n) is 6.03. The molecule has 1 saturated heterocycles. The minimum absolute atomic E-state index is 0.162. The molecule has 0 amide bonds. The van der Waals surface area contributed by atoms with Gasteiger partial charge in [0.15, 0.2) is 0 Å². The van der Waals surface area contributed by atoms with Gasteiger partial charge in [-0.1, -0.05) is 60.7 Å². The fourth-order valence-electron chi connectivity index (χ4n) is 3.05. The number of benzene rings is 2. The maximum absolute atomic E-state index is 9.73. The van der Waals surface area contributed by atoms with Crippen molar-refractivity contribution in [1.29, 1.82) is 0 Å². The Morgan fingerprint density at radius 1 is 1.05 bits per heavy atom. The quantitative estimate of drug-likeness (QED) is 0.860. The van der Waals surface area contributed by atoms with Crippen LogP contribution in [0.2, 0.25) is 0 Å². The number of hydrogen-bond donors (Lipinski definition) is 2. The van der Waals surface area contributed by atoms with E-state index in [0.29, 0.717) is 0 Å². The Hall–Kier alpha value is -1.68. The van der Waals surface area contributed by atoms with Gasteiger partial charge >= 0.3 is 0 Å². The second kappa shape index (κ2) is 7.54. The Balaban J connectivity index is 1.66. The lowest BCUT2D eigenvalue weighted by Crippen LogP contribution is -2.34. The molecule has 0 radical (unpaired) electrons. The minimum atomic E-state index is -0.162. The SMILES string of the molecule is O[C@H]1CCN(CC(NCc2ccccc2)c2ccccc2)C1. The van der Waals surface area contributed by atoms with Crippen LogP contribution in [0.1, 0.15) is 23.6 Å². The molecule has 2 aromatic rings. The van der Waals surface area contributed by atoms with Gasteiger partial charge in [-0.25, -0.2) is 0 Å². The standard InChI is InChI=1S/C19H24N2O/c22-18-11-12-21(14-18)15-19(17-9-5-2-6-10-17)20-13-16-7-3-1-4-8-16/h1-10,18-20,22H,11-15H2/t18-,19?/m0/s1. The number of nitrogens with zero attached hydrogens (tertiary/aromatic N) is 1. The molecule has 0 aromatic heterocycles. The topological polar surface area (TPSA) is 35.5 Å². The number of aliphatic hydroxyl groups is 1. The van der Waals surface area contributed by atoms with Crippen molar-refractivity contribution in [1.82, 2.24) is 10.2 Å². The smallest absolute Gasteiger partial charge is 0.0679 e. The van der Waals surface area contributed by atoms with E-state index in [1.807, 2.05) is 6.07 Å². The molecule has 0 spiro atoms. The molecule has 0 aliphatic carbocycles. The maximum Gasteiger partial charge on any atom is 0.0679 e. The third-order valence-electron chi connectivity index (χ3n) is 4.29. The molecule has 2 N–H and O–H groups in total. The highest BCUT2D eigenvalue weighted by atomic mass is 16.3. The summed E-state index contributed by atoms with van der Waals surface area (Å²) in [5, 5.41) is 13.4. The van der Waals surface area contributed by atoms with Crippen LogP contribution in [0.5, 0.6) is 0 Å². The van der Waals surface area contributed by atoms with Crippen LogP contribution in [-0.4, -0.2) is 35.7 Å². The second-order valence-corrected chi connectivity index (χ2v) is 6.03. The lowest BCUT2D eigenvalue weighted by atomic mass is 10.1. The van der Waals surface area contributed by atoms with Crippen LogP contribution in [0.3, 0.4) is 0 Å². The number of hydrogen-bond acceptors (Lipinski definition) is 3. The zero-order chi connectivity index (χ0) is 15.2. The predicted molar refractivity (Wildman–Crippen MR) is 89.5 cm³/mol. The van der Waals surface area contributed by atoms with Crippen LogP contribution < -0.4 is 5.32 Å². The Morgan fingerprint density at radius 3 is 2.36 bits per heavy atom. The van der Waals surface area contributed by atoms with Gasteiger partial charge in [-0.15, -0.1) is 0 Å². The van der Waals surface area contributed by atoms with Crippen LogP contribution in [-0.2, 0) is 6.54 Å². The van der Waals surface area contributed by atoms with Crippen LogP contribution in [0.4, 0.5) is 0 Å². The first kappa shape index (κ1) is 15.2. The van der Waals surface area contributed by atoms with Gasteiger partial charge in [-0.2, -0.15) is 0 Å². The summed E-state index contributed by atoms with van der Waals surface area (Å²) in [4.78, 5) is 2.35. The zero-order valence-corrected chi connectivity index (χ0v) is 12.9. The molecule has 1 heterocycles. The zero-order valence-electron chi connectivity index (χ0n) is 12.9. The molecule has 1 fully saturated rings. The van der Waals surface area contributed by atoms with Crippen LogP contribution in [0, 0.1) is 0 Å². The minimum Gasteiger partial charge on any atom is -0.392 e. The fourth-order valence-corrected chi connectivity index (χ4v) is 3.05. The Kier molecular flexibility index (Phi) is 5.22. The van der Waals surface area contributed by atoms with E-state index in [9.17, 15) is 5.11 Å². The summed E-state index contributed by atoms with van der Waals surface area (Å²) in [5.41, 5.74) is 2.60. The van der Waals surface area contributed by atoms with Crippen molar-refractivity contribution < 1.29 is 5.11 Å². The molecule has 1 aliphatic heterocycles. The van der Waals surface area contributed by atoms with Gasteiger partial charge in [0.25, 0.3) is 0 Å². The first-order valence-electron chi connectivity index (χ1n) is 8.04. The average molecular weight is 296 g/mol. The molecule has 3 heteroatoms. The van der Waals surface area contributed by atoms with Crippen molar-refractivity contribution in [2.75, 3.05) is 19.6 Å². The number of rotatable bonds is 6. The summed E-state index contributed by atoms with van der Waals surface area (Å²) in [6.07, 6.45) is 0.728. The highest BCUT2D eigenvalue weighted by Gasteiger charge is 2.23. The van der Waals surface area contributed by atoms with Gasteiger partial charge in [0.2, 0.25) is 0 Å². The van der Waals surface area contributed by atoms with Crippen LogP contribution in [0.15, 0.2) is 60.7 Å². The largest absolute Gasteiger partial charge is 0.392 e. The van der Waals surface area contributed by atoms with Gasteiger partial charge in [-0.3, -0.25) is 4.90 Å². The molecule has 116 valence electrons. The fraction of sp³-hybridized carbons (Fsp3) is 0.368. The lowest BCUT2D eigenvalue weighted by molar-refractivity contribution is 0.172.